The normalized spacial score (nSPS) is 10.8. The molecule has 0 fully saturated rings. The van der Waals surface area contributed by atoms with Crippen LogP contribution in [0.15, 0.2) is 39.8 Å². The molecule has 6 heteroatoms. The molecule has 0 aliphatic heterocycles. The van der Waals surface area contributed by atoms with E-state index in [1.165, 1.54) is 6.33 Å². The molecular formula is C10H6N4O2. The second kappa shape index (κ2) is 3.27. The fourth-order valence-electron chi connectivity index (χ4n) is 1.43. The van der Waals surface area contributed by atoms with E-state index in [4.69, 9.17) is 4.42 Å². The van der Waals surface area contributed by atoms with Gasteiger partial charge >= 0.3 is 5.63 Å². The minimum absolute atomic E-state index is 0.140. The molecule has 0 bridgehead atoms. The van der Waals surface area contributed by atoms with E-state index in [-0.39, 0.29) is 5.89 Å². The van der Waals surface area contributed by atoms with Gasteiger partial charge in [0.05, 0.1) is 10.9 Å². The predicted molar refractivity (Wildman–Crippen MR) is 55.7 cm³/mol. The van der Waals surface area contributed by atoms with Gasteiger partial charge in [-0.2, -0.15) is 5.10 Å². The molecule has 6 nitrogen and oxygen atoms in total. The number of nitrogens with zero attached hydrogens (tertiary/aromatic N) is 3. The maximum atomic E-state index is 11.6. The zero-order valence-electron chi connectivity index (χ0n) is 8.04. The molecule has 16 heavy (non-hydrogen) atoms. The molecule has 0 saturated heterocycles. The number of rotatable bonds is 1. The number of aromatic amines is 1. The average Bonchev–Trinajstić information content (AvgIpc) is 2.82. The van der Waals surface area contributed by atoms with Gasteiger partial charge in [0.2, 0.25) is 5.82 Å². The summed E-state index contributed by atoms with van der Waals surface area (Å²) in [5.74, 6) is 0.476. The van der Waals surface area contributed by atoms with Crippen molar-refractivity contribution in [2.24, 2.45) is 0 Å². The van der Waals surface area contributed by atoms with E-state index in [0.717, 1.165) is 0 Å². The van der Waals surface area contributed by atoms with Crippen molar-refractivity contribution in [2.75, 3.05) is 0 Å². The molecule has 0 amide bonds. The van der Waals surface area contributed by atoms with Crippen LogP contribution < -0.4 is 5.63 Å². The van der Waals surface area contributed by atoms with Gasteiger partial charge in [0.1, 0.15) is 6.33 Å². The molecule has 2 aromatic heterocycles. The van der Waals surface area contributed by atoms with Gasteiger partial charge in [-0.25, -0.2) is 14.8 Å². The van der Waals surface area contributed by atoms with Gasteiger partial charge in [0.25, 0.3) is 5.89 Å². The van der Waals surface area contributed by atoms with Crippen LogP contribution in [0.1, 0.15) is 0 Å². The van der Waals surface area contributed by atoms with Crippen molar-refractivity contribution in [2.45, 2.75) is 0 Å². The summed E-state index contributed by atoms with van der Waals surface area (Å²) in [4.78, 5) is 19.7. The Kier molecular flexibility index (Phi) is 1.79. The van der Waals surface area contributed by atoms with Crippen molar-refractivity contribution in [3.05, 3.63) is 41.0 Å². The van der Waals surface area contributed by atoms with Crippen molar-refractivity contribution in [1.82, 2.24) is 20.2 Å². The maximum Gasteiger partial charge on any atom is 0.347 e. The van der Waals surface area contributed by atoms with Crippen LogP contribution in [0.3, 0.4) is 0 Å². The Morgan fingerprint density at radius 3 is 2.94 bits per heavy atom. The third-order valence-electron chi connectivity index (χ3n) is 2.15. The molecule has 0 aliphatic carbocycles. The summed E-state index contributed by atoms with van der Waals surface area (Å²) in [6, 6.07) is 6.97. The number of H-pyrrole nitrogens is 1. The Labute approximate surface area is 89.0 Å². The van der Waals surface area contributed by atoms with Gasteiger partial charge < -0.3 is 4.42 Å². The summed E-state index contributed by atoms with van der Waals surface area (Å²) in [6.45, 7) is 0. The first-order valence-electron chi connectivity index (χ1n) is 4.60. The van der Waals surface area contributed by atoms with Gasteiger partial charge in [-0.05, 0) is 12.1 Å². The van der Waals surface area contributed by atoms with E-state index in [1.807, 2.05) is 0 Å². The first kappa shape index (κ1) is 8.78. The fourth-order valence-corrected chi connectivity index (χ4v) is 1.43. The monoisotopic (exact) mass is 214 g/mol. The van der Waals surface area contributed by atoms with Crippen molar-refractivity contribution in [3.63, 3.8) is 0 Å². The standard InChI is InChI=1S/C10H6N4O2/c15-10-6-3-1-2-4-7(6)13-9(16-10)8-11-5-12-14-8/h1-5H,(H,11,12,14). The SMILES string of the molecule is O=c1oc(-c2ncn[nH]2)nc2ccccc12. The number of aromatic nitrogens is 4. The molecule has 1 aromatic carbocycles. The van der Waals surface area contributed by atoms with Gasteiger partial charge in [0, 0.05) is 0 Å². The number of para-hydroxylation sites is 1. The number of fused-ring (bicyclic) bond motifs is 1. The smallest absolute Gasteiger partial charge is 0.347 e. The van der Waals surface area contributed by atoms with E-state index in [9.17, 15) is 4.79 Å². The fraction of sp³-hybridized carbons (Fsp3) is 0. The molecule has 0 atom stereocenters. The van der Waals surface area contributed by atoms with Crippen molar-refractivity contribution >= 4 is 10.9 Å². The molecule has 3 rings (SSSR count). The second-order valence-electron chi connectivity index (χ2n) is 3.16. The Hall–Kier alpha value is -2.50. The highest BCUT2D eigenvalue weighted by Crippen LogP contribution is 2.13. The minimum Gasteiger partial charge on any atom is -0.400 e. The minimum atomic E-state index is -0.433. The van der Waals surface area contributed by atoms with Crippen LogP contribution in [-0.2, 0) is 0 Å². The first-order chi connectivity index (χ1) is 7.84. The highest BCUT2D eigenvalue weighted by atomic mass is 16.4. The lowest BCUT2D eigenvalue weighted by molar-refractivity contribution is 0.514. The molecule has 3 aromatic rings. The molecule has 78 valence electrons. The zero-order chi connectivity index (χ0) is 11.0. The van der Waals surface area contributed by atoms with Crippen molar-refractivity contribution < 1.29 is 4.42 Å². The molecule has 0 aliphatic rings. The number of hydrogen-bond acceptors (Lipinski definition) is 5. The van der Waals surface area contributed by atoms with E-state index in [1.54, 1.807) is 24.3 Å². The lowest BCUT2D eigenvalue weighted by Gasteiger charge is -1.97. The number of nitrogens with one attached hydrogen (secondary N) is 1. The molecule has 0 radical (unpaired) electrons. The van der Waals surface area contributed by atoms with Gasteiger partial charge in [-0.15, -0.1) is 0 Å². The molecule has 2 heterocycles. The summed E-state index contributed by atoms with van der Waals surface area (Å²) in [5, 5.41) is 6.71. The molecule has 0 spiro atoms. The van der Waals surface area contributed by atoms with Crippen LogP contribution >= 0.6 is 0 Å². The molecule has 1 N–H and O–H groups in total. The van der Waals surface area contributed by atoms with Gasteiger partial charge in [-0.3, -0.25) is 5.10 Å². The van der Waals surface area contributed by atoms with Crippen molar-refractivity contribution in [3.8, 4) is 11.7 Å². The quantitative estimate of drug-likeness (QED) is 0.652. The van der Waals surface area contributed by atoms with E-state index in [2.05, 4.69) is 20.2 Å². The Balaban J connectivity index is 2.34. The summed E-state index contributed by atoms with van der Waals surface area (Å²) < 4.78 is 5.03. The predicted octanol–water partition coefficient (Wildman–Crippen LogP) is 0.973. The topological polar surface area (TPSA) is 84.7 Å². The number of benzene rings is 1. The maximum absolute atomic E-state index is 11.6. The summed E-state index contributed by atoms with van der Waals surface area (Å²) in [5.41, 5.74) is 0.141. The highest BCUT2D eigenvalue weighted by Gasteiger charge is 2.09. The van der Waals surface area contributed by atoms with E-state index in [0.29, 0.717) is 16.7 Å². The van der Waals surface area contributed by atoms with Crippen LogP contribution in [0.2, 0.25) is 0 Å². The Bertz CT molecular complexity index is 687. The van der Waals surface area contributed by atoms with Gasteiger partial charge in [0.15, 0.2) is 0 Å². The Morgan fingerprint density at radius 1 is 1.25 bits per heavy atom. The van der Waals surface area contributed by atoms with Crippen LogP contribution in [-0.4, -0.2) is 20.2 Å². The lowest BCUT2D eigenvalue weighted by atomic mass is 10.2. The largest absolute Gasteiger partial charge is 0.400 e. The third-order valence-corrected chi connectivity index (χ3v) is 2.15. The van der Waals surface area contributed by atoms with Crippen LogP contribution in [0.4, 0.5) is 0 Å². The molecule has 0 unspecified atom stereocenters. The molecule has 0 saturated carbocycles. The zero-order valence-corrected chi connectivity index (χ0v) is 8.04. The van der Waals surface area contributed by atoms with E-state index < -0.39 is 5.63 Å². The summed E-state index contributed by atoms with van der Waals surface area (Å²) in [6.07, 6.45) is 1.33. The van der Waals surface area contributed by atoms with Crippen molar-refractivity contribution in [1.29, 1.82) is 0 Å². The highest BCUT2D eigenvalue weighted by molar-refractivity contribution is 5.77. The summed E-state index contributed by atoms with van der Waals surface area (Å²) >= 11 is 0. The Morgan fingerprint density at radius 2 is 2.12 bits per heavy atom. The molecular weight excluding hydrogens is 208 g/mol. The van der Waals surface area contributed by atoms with Crippen LogP contribution in [0, 0.1) is 0 Å². The first-order valence-corrected chi connectivity index (χ1v) is 4.60. The summed E-state index contributed by atoms with van der Waals surface area (Å²) in [7, 11) is 0. The third kappa shape index (κ3) is 1.28. The average molecular weight is 214 g/mol. The number of hydrogen-bond donors (Lipinski definition) is 1. The van der Waals surface area contributed by atoms with Crippen LogP contribution in [0.25, 0.3) is 22.6 Å². The van der Waals surface area contributed by atoms with Crippen LogP contribution in [0.5, 0.6) is 0 Å². The van der Waals surface area contributed by atoms with E-state index >= 15 is 0 Å². The lowest BCUT2D eigenvalue weighted by Crippen LogP contribution is -2.03. The van der Waals surface area contributed by atoms with Gasteiger partial charge in [-0.1, -0.05) is 12.1 Å². The second-order valence-corrected chi connectivity index (χ2v) is 3.16.